The van der Waals surface area contributed by atoms with Crippen LogP contribution in [0.25, 0.3) is 0 Å². The molecule has 146 valence electrons. The fourth-order valence-electron chi connectivity index (χ4n) is 2.43. The molecule has 4 nitrogen and oxygen atoms in total. The van der Waals surface area contributed by atoms with Gasteiger partial charge in [0.2, 0.25) is 0 Å². The predicted octanol–water partition coefficient (Wildman–Crippen LogP) is 5.79. The molecule has 3 rings (SSSR count). The average molecular weight is 472 g/mol. The minimum Gasteiger partial charge on any atom is -0.489 e. The van der Waals surface area contributed by atoms with Gasteiger partial charge in [0, 0.05) is 21.8 Å². The third kappa shape index (κ3) is 5.11. The van der Waals surface area contributed by atoms with E-state index in [1.165, 1.54) is 11.4 Å². The molecule has 1 aromatic heterocycles. The highest BCUT2D eigenvalue weighted by molar-refractivity contribution is 9.10. The normalized spacial score (nSPS) is 11.4. The van der Waals surface area contributed by atoms with E-state index in [-0.39, 0.29) is 18.7 Å². The van der Waals surface area contributed by atoms with E-state index in [1.807, 2.05) is 24.3 Å². The molecule has 0 aliphatic carbocycles. The number of rotatable bonds is 6. The van der Waals surface area contributed by atoms with Gasteiger partial charge in [-0.25, -0.2) is 9.78 Å². The number of carboxylic acids is 1. The Labute approximate surface area is 170 Å². The van der Waals surface area contributed by atoms with E-state index in [2.05, 4.69) is 20.9 Å². The number of thiazole rings is 1. The Balaban J connectivity index is 1.87. The lowest BCUT2D eigenvalue weighted by molar-refractivity contribution is -0.137. The van der Waals surface area contributed by atoms with Gasteiger partial charge in [-0.15, -0.1) is 11.3 Å². The van der Waals surface area contributed by atoms with Crippen molar-refractivity contribution in [3.05, 3.63) is 79.7 Å². The highest BCUT2D eigenvalue weighted by Gasteiger charge is 2.31. The Morgan fingerprint density at radius 1 is 1.18 bits per heavy atom. The fourth-order valence-corrected chi connectivity index (χ4v) is 3.49. The van der Waals surface area contributed by atoms with Crippen molar-refractivity contribution in [2.45, 2.75) is 19.2 Å². The van der Waals surface area contributed by atoms with Crippen LogP contribution in [0.2, 0.25) is 0 Å². The van der Waals surface area contributed by atoms with Gasteiger partial charge in [0.15, 0.2) is 5.69 Å². The molecule has 0 atom stereocenters. The summed E-state index contributed by atoms with van der Waals surface area (Å²) in [6.07, 6.45) is -4.45. The lowest BCUT2D eigenvalue weighted by atomic mass is 10.1. The highest BCUT2D eigenvalue weighted by atomic mass is 79.9. The molecule has 0 amide bonds. The number of ether oxygens (including phenoxy) is 1. The molecule has 28 heavy (non-hydrogen) atoms. The van der Waals surface area contributed by atoms with Crippen LogP contribution in [0.4, 0.5) is 13.2 Å². The molecule has 0 unspecified atom stereocenters. The van der Waals surface area contributed by atoms with Crippen LogP contribution >= 0.6 is 27.3 Å². The van der Waals surface area contributed by atoms with Gasteiger partial charge in [-0.3, -0.25) is 0 Å². The van der Waals surface area contributed by atoms with Crippen LogP contribution in [0.1, 0.15) is 32.2 Å². The summed E-state index contributed by atoms with van der Waals surface area (Å²) < 4.78 is 45.9. The summed E-state index contributed by atoms with van der Waals surface area (Å²) in [7, 11) is 0. The van der Waals surface area contributed by atoms with Crippen LogP contribution < -0.4 is 4.74 Å². The number of aromatic carboxylic acids is 1. The summed E-state index contributed by atoms with van der Waals surface area (Å²) in [6, 6.07) is 10.6. The fraction of sp³-hybridized carbons (Fsp3) is 0.158. The Bertz CT molecular complexity index is 987. The van der Waals surface area contributed by atoms with Crippen molar-refractivity contribution in [3.63, 3.8) is 0 Å². The smallest absolute Gasteiger partial charge is 0.416 e. The Morgan fingerprint density at radius 3 is 2.50 bits per heavy atom. The van der Waals surface area contributed by atoms with Crippen LogP contribution in [0.15, 0.2) is 52.3 Å². The first kappa shape index (κ1) is 20.3. The summed E-state index contributed by atoms with van der Waals surface area (Å²) in [5, 5.41) is 10.7. The second kappa shape index (κ2) is 8.32. The third-order valence-corrected chi connectivity index (χ3v) is 5.19. The largest absolute Gasteiger partial charge is 0.489 e. The maximum Gasteiger partial charge on any atom is 0.416 e. The van der Waals surface area contributed by atoms with E-state index in [4.69, 9.17) is 9.84 Å². The zero-order valence-electron chi connectivity index (χ0n) is 14.2. The summed E-state index contributed by atoms with van der Waals surface area (Å²) in [4.78, 5) is 14.9. The molecule has 3 aromatic rings. The molecule has 0 saturated carbocycles. The molecule has 1 heterocycles. The summed E-state index contributed by atoms with van der Waals surface area (Å²) >= 11 is 4.41. The molecule has 2 aromatic carbocycles. The second-order valence-electron chi connectivity index (χ2n) is 5.84. The van der Waals surface area contributed by atoms with E-state index in [0.717, 1.165) is 33.5 Å². The zero-order valence-corrected chi connectivity index (χ0v) is 16.6. The molecule has 1 N–H and O–H groups in total. The number of hydrogen-bond donors (Lipinski definition) is 1. The maximum absolute atomic E-state index is 13.1. The molecule has 9 heteroatoms. The van der Waals surface area contributed by atoms with Gasteiger partial charge in [-0.2, -0.15) is 13.2 Å². The molecular weight excluding hydrogens is 459 g/mol. The van der Waals surface area contributed by atoms with E-state index in [0.29, 0.717) is 16.3 Å². The highest BCUT2D eigenvalue weighted by Crippen LogP contribution is 2.34. The molecular formula is C19H13BrF3NO3S. The van der Waals surface area contributed by atoms with Crippen LogP contribution in [0, 0.1) is 0 Å². The number of aromatic nitrogens is 1. The zero-order chi connectivity index (χ0) is 20.3. The number of carbonyl (C=O) groups is 1. The van der Waals surface area contributed by atoms with Gasteiger partial charge in [-0.05, 0) is 35.9 Å². The standard InChI is InChI=1S/C19H13BrF3NO3S/c20-14-4-1-11(2-5-14)9-27-16-6-3-13(19(21,22)23)7-12(16)8-17-24-15(10-28-17)18(25)26/h1-7,10H,8-9H2,(H,25,26). The van der Waals surface area contributed by atoms with Gasteiger partial charge in [-0.1, -0.05) is 28.1 Å². The van der Waals surface area contributed by atoms with Crippen molar-refractivity contribution in [1.82, 2.24) is 4.98 Å². The van der Waals surface area contributed by atoms with Crippen molar-refractivity contribution >= 4 is 33.2 Å². The molecule has 0 bridgehead atoms. The number of halogens is 4. The number of carboxylic acid groups (broad SMARTS) is 1. The lowest BCUT2D eigenvalue weighted by Crippen LogP contribution is -2.07. The second-order valence-corrected chi connectivity index (χ2v) is 7.70. The Kier molecular flexibility index (Phi) is 6.04. The minimum absolute atomic E-state index is 0.0392. The van der Waals surface area contributed by atoms with E-state index < -0.39 is 17.7 Å². The molecule has 0 radical (unpaired) electrons. The first-order valence-corrected chi connectivity index (χ1v) is 9.64. The van der Waals surface area contributed by atoms with E-state index in [1.54, 1.807) is 0 Å². The van der Waals surface area contributed by atoms with Gasteiger partial charge >= 0.3 is 12.1 Å². The van der Waals surface area contributed by atoms with Gasteiger partial charge in [0.1, 0.15) is 12.4 Å². The van der Waals surface area contributed by atoms with Crippen LogP contribution in [-0.4, -0.2) is 16.1 Å². The number of hydrogen-bond acceptors (Lipinski definition) is 4. The SMILES string of the molecule is O=C(O)c1csc(Cc2cc(C(F)(F)F)ccc2OCc2ccc(Br)cc2)n1. The number of benzene rings is 2. The third-order valence-electron chi connectivity index (χ3n) is 3.81. The van der Waals surface area contributed by atoms with Crippen molar-refractivity contribution in [2.75, 3.05) is 0 Å². The summed E-state index contributed by atoms with van der Waals surface area (Å²) in [5.74, 6) is -0.888. The molecule has 0 aliphatic rings. The van der Waals surface area contributed by atoms with Crippen LogP contribution in [0.3, 0.4) is 0 Å². The van der Waals surface area contributed by atoms with Crippen LogP contribution in [-0.2, 0) is 19.2 Å². The monoisotopic (exact) mass is 471 g/mol. The quantitative estimate of drug-likeness (QED) is 0.493. The topological polar surface area (TPSA) is 59.4 Å². The maximum atomic E-state index is 13.1. The van der Waals surface area contributed by atoms with Gasteiger partial charge < -0.3 is 9.84 Å². The van der Waals surface area contributed by atoms with Gasteiger partial charge in [0.05, 0.1) is 10.6 Å². The van der Waals surface area contributed by atoms with Crippen molar-refractivity contribution in [3.8, 4) is 5.75 Å². The minimum atomic E-state index is -4.49. The molecule has 0 fully saturated rings. The first-order chi connectivity index (χ1) is 13.2. The summed E-state index contributed by atoms with van der Waals surface area (Å²) in [5.41, 5.74) is 0.215. The Hall–Kier alpha value is -2.39. The van der Waals surface area contributed by atoms with E-state index in [9.17, 15) is 18.0 Å². The lowest BCUT2D eigenvalue weighted by Gasteiger charge is -2.14. The Morgan fingerprint density at radius 2 is 1.89 bits per heavy atom. The average Bonchev–Trinajstić information content (AvgIpc) is 3.10. The first-order valence-electron chi connectivity index (χ1n) is 7.97. The van der Waals surface area contributed by atoms with Crippen LogP contribution in [0.5, 0.6) is 5.75 Å². The van der Waals surface area contributed by atoms with Crippen molar-refractivity contribution in [1.29, 1.82) is 0 Å². The van der Waals surface area contributed by atoms with Gasteiger partial charge in [0.25, 0.3) is 0 Å². The van der Waals surface area contributed by atoms with E-state index >= 15 is 0 Å². The van der Waals surface area contributed by atoms with Crippen molar-refractivity contribution < 1.29 is 27.8 Å². The predicted molar refractivity (Wildman–Crippen MR) is 102 cm³/mol. The molecule has 0 spiro atoms. The molecule has 0 saturated heterocycles. The number of nitrogens with zero attached hydrogens (tertiary/aromatic N) is 1. The molecule has 0 aliphatic heterocycles. The summed E-state index contributed by atoms with van der Waals surface area (Å²) in [6.45, 7) is 0.184. The number of alkyl halides is 3. The van der Waals surface area contributed by atoms with Crippen molar-refractivity contribution in [2.24, 2.45) is 0 Å².